The van der Waals surface area contributed by atoms with Crippen LogP contribution in [0.15, 0.2) is 36.9 Å². The lowest BCUT2D eigenvalue weighted by Crippen LogP contribution is -2.17. The van der Waals surface area contributed by atoms with Crippen molar-refractivity contribution in [3.8, 4) is 6.07 Å². The molecule has 2 aromatic heterocycles. The summed E-state index contributed by atoms with van der Waals surface area (Å²) in [7, 11) is 0. The van der Waals surface area contributed by atoms with Gasteiger partial charge < -0.3 is 10.2 Å². The lowest BCUT2D eigenvalue weighted by Gasteiger charge is -2.05. The summed E-state index contributed by atoms with van der Waals surface area (Å²) in [5, 5.41) is 16.8. The first-order chi connectivity index (χ1) is 10.7. The van der Waals surface area contributed by atoms with E-state index in [1.54, 1.807) is 30.6 Å². The maximum absolute atomic E-state index is 11.1. The highest BCUT2D eigenvalue weighted by atomic mass is 16.7. The van der Waals surface area contributed by atoms with Crippen LogP contribution in [0.2, 0.25) is 0 Å². The summed E-state index contributed by atoms with van der Waals surface area (Å²) < 4.78 is 0. The summed E-state index contributed by atoms with van der Waals surface area (Å²) in [6.45, 7) is 1.27. The minimum Gasteiger partial charge on any atom is -0.353 e. The standard InChI is InChI=1S/C14H10N6O2/c1-9(21)22-20-14-3-2-10(4-12(14)13(5-15)19-20)18-11-6-16-8-17-7-11/h2-4,6-8,18H,1H3. The van der Waals surface area contributed by atoms with Crippen LogP contribution in [-0.4, -0.2) is 25.9 Å². The highest BCUT2D eigenvalue weighted by molar-refractivity contribution is 5.88. The van der Waals surface area contributed by atoms with E-state index in [1.165, 1.54) is 13.3 Å². The molecule has 0 saturated carbocycles. The molecule has 0 aliphatic rings. The summed E-state index contributed by atoms with van der Waals surface area (Å²) in [6, 6.07) is 7.21. The third kappa shape index (κ3) is 2.55. The van der Waals surface area contributed by atoms with Gasteiger partial charge in [0.15, 0.2) is 5.69 Å². The van der Waals surface area contributed by atoms with Crippen LogP contribution in [0.1, 0.15) is 12.6 Å². The van der Waals surface area contributed by atoms with Gasteiger partial charge in [-0.05, 0) is 18.2 Å². The van der Waals surface area contributed by atoms with E-state index in [9.17, 15) is 4.79 Å². The molecule has 1 aromatic carbocycles. The monoisotopic (exact) mass is 294 g/mol. The predicted octanol–water partition coefficient (Wildman–Crippen LogP) is 1.42. The quantitative estimate of drug-likeness (QED) is 0.778. The van der Waals surface area contributed by atoms with Crippen LogP contribution in [0.25, 0.3) is 10.9 Å². The Morgan fingerprint density at radius 1 is 1.32 bits per heavy atom. The number of nitrogens with zero attached hydrogens (tertiary/aromatic N) is 5. The van der Waals surface area contributed by atoms with E-state index in [4.69, 9.17) is 10.1 Å². The maximum Gasteiger partial charge on any atom is 0.331 e. The SMILES string of the molecule is CC(=O)On1nc(C#N)c2cc(Nc3cncnc3)ccc21. The molecule has 1 N–H and O–H groups in total. The summed E-state index contributed by atoms with van der Waals surface area (Å²) in [4.78, 5) is 24.9. The highest BCUT2D eigenvalue weighted by Gasteiger charge is 2.13. The second-order valence-electron chi connectivity index (χ2n) is 4.40. The van der Waals surface area contributed by atoms with E-state index in [1.807, 2.05) is 6.07 Å². The largest absolute Gasteiger partial charge is 0.353 e. The van der Waals surface area contributed by atoms with E-state index >= 15 is 0 Å². The average Bonchev–Trinajstić information content (AvgIpc) is 2.85. The number of fused-ring (bicyclic) bond motifs is 1. The van der Waals surface area contributed by atoms with Crippen LogP contribution in [0.3, 0.4) is 0 Å². The summed E-state index contributed by atoms with van der Waals surface area (Å²) in [5.41, 5.74) is 2.15. The van der Waals surface area contributed by atoms with E-state index in [-0.39, 0.29) is 5.69 Å². The van der Waals surface area contributed by atoms with Gasteiger partial charge in [-0.2, -0.15) is 5.26 Å². The number of nitrogens with one attached hydrogen (secondary N) is 1. The molecule has 0 unspecified atom stereocenters. The maximum atomic E-state index is 11.1. The first-order valence-electron chi connectivity index (χ1n) is 6.31. The number of nitriles is 1. The van der Waals surface area contributed by atoms with Gasteiger partial charge in [0, 0.05) is 18.0 Å². The average molecular weight is 294 g/mol. The van der Waals surface area contributed by atoms with Crippen molar-refractivity contribution in [2.24, 2.45) is 0 Å². The molecule has 0 aliphatic heterocycles. The van der Waals surface area contributed by atoms with E-state index in [0.29, 0.717) is 16.6 Å². The third-order valence-corrected chi connectivity index (χ3v) is 2.82. The Bertz CT molecular complexity index is 881. The number of hydrogen-bond donors (Lipinski definition) is 1. The van der Waals surface area contributed by atoms with Crippen molar-refractivity contribution in [3.63, 3.8) is 0 Å². The molecule has 3 rings (SSSR count). The lowest BCUT2D eigenvalue weighted by atomic mass is 10.2. The van der Waals surface area contributed by atoms with Gasteiger partial charge in [-0.3, -0.25) is 0 Å². The van der Waals surface area contributed by atoms with E-state index < -0.39 is 5.97 Å². The number of benzene rings is 1. The second kappa shape index (κ2) is 5.49. The van der Waals surface area contributed by atoms with Crippen molar-refractivity contribution >= 4 is 28.2 Å². The third-order valence-electron chi connectivity index (χ3n) is 2.82. The fourth-order valence-electron chi connectivity index (χ4n) is 1.97. The Labute approximate surface area is 124 Å². The van der Waals surface area contributed by atoms with Gasteiger partial charge in [0.25, 0.3) is 0 Å². The van der Waals surface area contributed by atoms with Gasteiger partial charge in [0.1, 0.15) is 17.9 Å². The van der Waals surface area contributed by atoms with Gasteiger partial charge in [-0.25, -0.2) is 14.8 Å². The number of carbonyl (C=O) groups excluding carboxylic acids is 1. The fourth-order valence-corrected chi connectivity index (χ4v) is 1.97. The number of hydrogen-bond acceptors (Lipinski definition) is 7. The first-order valence-corrected chi connectivity index (χ1v) is 6.31. The Morgan fingerprint density at radius 2 is 2.09 bits per heavy atom. The Balaban J connectivity index is 2.02. The number of rotatable bonds is 3. The predicted molar refractivity (Wildman–Crippen MR) is 77.0 cm³/mol. The van der Waals surface area contributed by atoms with E-state index in [2.05, 4.69) is 20.4 Å². The Kier molecular flexibility index (Phi) is 3.37. The second-order valence-corrected chi connectivity index (χ2v) is 4.40. The van der Waals surface area contributed by atoms with Gasteiger partial charge in [-0.1, -0.05) is 4.85 Å². The molecule has 0 spiro atoms. The van der Waals surface area contributed by atoms with Crippen LogP contribution in [0.5, 0.6) is 0 Å². The molecule has 0 saturated heterocycles. The molecule has 108 valence electrons. The van der Waals surface area contributed by atoms with Crippen molar-refractivity contribution < 1.29 is 9.63 Å². The Hall–Kier alpha value is -3.47. The topological polar surface area (TPSA) is 106 Å². The van der Waals surface area contributed by atoms with Gasteiger partial charge >= 0.3 is 5.97 Å². The van der Waals surface area contributed by atoms with Crippen LogP contribution >= 0.6 is 0 Å². The summed E-state index contributed by atoms with van der Waals surface area (Å²) in [6.07, 6.45) is 4.70. The van der Waals surface area contributed by atoms with Crippen molar-refractivity contribution in [1.29, 1.82) is 5.26 Å². The van der Waals surface area contributed by atoms with Gasteiger partial charge in [-0.15, -0.1) is 5.10 Å². The van der Waals surface area contributed by atoms with Crippen molar-refractivity contribution in [3.05, 3.63) is 42.6 Å². The zero-order valence-corrected chi connectivity index (χ0v) is 11.5. The number of carbonyl (C=O) groups is 1. The number of aromatic nitrogens is 4. The highest BCUT2D eigenvalue weighted by Crippen LogP contribution is 2.24. The molecule has 0 amide bonds. The molecule has 0 radical (unpaired) electrons. The molecule has 0 atom stereocenters. The van der Waals surface area contributed by atoms with Crippen LogP contribution in [-0.2, 0) is 4.79 Å². The molecular formula is C14H10N6O2. The molecule has 8 heteroatoms. The normalized spacial score (nSPS) is 10.2. The molecule has 0 aliphatic carbocycles. The summed E-state index contributed by atoms with van der Waals surface area (Å²) >= 11 is 0. The zero-order valence-electron chi connectivity index (χ0n) is 11.5. The molecule has 3 aromatic rings. The van der Waals surface area contributed by atoms with Gasteiger partial charge in [0.2, 0.25) is 0 Å². The number of anilines is 2. The van der Waals surface area contributed by atoms with Crippen molar-refractivity contribution in [2.75, 3.05) is 5.32 Å². The molecule has 8 nitrogen and oxygen atoms in total. The Morgan fingerprint density at radius 3 is 2.77 bits per heavy atom. The van der Waals surface area contributed by atoms with E-state index in [0.717, 1.165) is 10.5 Å². The molecule has 2 heterocycles. The van der Waals surface area contributed by atoms with Crippen molar-refractivity contribution in [2.45, 2.75) is 6.92 Å². The van der Waals surface area contributed by atoms with Crippen LogP contribution in [0.4, 0.5) is 11.4 Å². The summed E-state index contributed by atoms with van der Waals surface area (Å²) in [5.74, 6) is -0.516. The minimum absolute atomic E-state index is 0.171. The zero-order chi connectivity index (χ0) is 15.5. The van der Waals surface area contributed by atoms with Crippen LogP contribution in [0, 0.1) is 11.3 Å². The van der Waals surface area contributed by atoms with Crippen LogP contribution < -0.4 is 10.2 Å². The lowest BCUT2D eigenvalue weighted by molar-refractivity contribution is -0.142. The fraction of sp³-hybridized carbons (Fsp3) is 0.0714. The minimum atomic E-state index is -0.516. The van der Waals surface area contributed by atoms with Gasteiger partial charge in [0.05, 0.1) is 18.1 Å². The molecular weight excluding hydrogens is 284 g/mol. The molecule has 0 fully saturated rings. The molecule has 22 heavy (non-hydrogen) atoms. The molecule has 0 bridgehead atoms. The van der Waals surface area contributed by atoms with Crippen molar-refractivity contribution in [1.82, 2.24) is 19.9 Å². The smallest absolute Gasteiger partial charge is 0.331 e. The first kappa shape index (κ1) is 13.5.